The van der Waals surface area contributed by atoms with Crippen molar-refractivity contribution in [3.05, 3.63) is 59.4 Å². The molecule has 0 unspecified atom stereocenters. The molecule has 0 aliphatic carbocycles. The van der Waals surface area contributed by atoms with E-state index in [1.165, 1.54) is 0 Å². The van der Waals surface area contributed by atoms with E-state index in [2.05, 4.69) is 20.2 Å². The molecule has 2 aromatic heterocycles. The van der Waals surface area contributed by atoms with Crippen molar-refractivity contribution in [3.63, 3.8) is 0 Å². The third-order valence-corrected chi connectivity index (χ3v) is 4.63. The number of amides is 1. The zero-order valence-electron chi connectivity index (χ0n) is 13.4. The molecule has 6 nitrogen and oxygen atoms in total. The number of halogens is 1. The van der Waals surface area contributed by atoms with Gasteiger partial charge in [0.15, 0.2) is 5.82 Å². The molecular weight excluding hydrogens is 338 g/mol. The van der Waals surface area contributed by atoms with Gasteiger partial charge in [0, 0.05) is 35.4 Å². The molecule has 1 aliphatic heterocycles. The maximum absolute atomic E-state index is 12.7. The Hall–Kier alpha value is -2.73. The van der Waals surface area contributed by atoms with Crippen molar-refractivity contribution >= 4 is 23.5 Å². The van der Waals surface area contributed by atoms with Crippen molar-refractivity contribution in [2.24, 2.45) is 5.92 Å². The summed E-state index contributed by atoms with van der Waals surface area (Å²) in [4.78, 5) is 22.8. The van der Waals surface area contributed by atoms with Gasteiger partial charge in [-0.15, -0.1) is 0 Å². The number of nitrogens with one attached hydrogen (secondary N) is 1. The monoisotopic (exact) mass is 353 g/mol. The lowest BCUT2D eigenvalue weighted by molar-refractivity contribution is -0.120. The minimum absolute atomic E-state index is 0.0457. The van der Waals surface area contributed by atoms with Crippen LogP contribution in [0.2, 0.25) is 5.02 Å². The van der Waals surface area contributed by atoms with E-state index in [0.29, 0.717) is 29.8 Å². The Morgan fingerprint density at radius 2 is 1.92 bits per heavy atom. The molecule has 25 heavy (non-hydrogen) atoms. The van der Waals surface area contributed by atoms with Crippen molar-refractivity contribution in [3.8, 4) is 11.4 Å². The molecule has 1 atom stereocenters. The lowest BCUT2D eigenvalue weighted by Gasteiger charge is -2.13. The van der Waals surface area contributed by atoms with Crippen LogP contribution in [0.4, 0.5) is 5.95 Å². The number of aromatic nitrogens is 4. The Kier molecular flexibility index (Phi) is 4.19. The third kappa shape index (κ3) is 3.25. The molecule has 0 spiro atoms. The molecule has 1 fully saturated rings. The normalized spacial score (nSPS) is 17.2. The number of nitrogens with zero attached hydrogens (tertiary/aromatic N) is 4. The van der Waals surface area contributed by atoms with Crippen LogP contribution in [-0.2, 0) is 11.2 Å². The fourth-order valence-corrected chi connectivity index (χ4v) is 3.17. The number of rotatable bonds is 4. The van der Waals surface area contributed by atoms with Gasteiger partial charge in [-0.25, -0.2) is 5.10 Å². The summed E-state index contributed by atoms with van der Waals surface area (Å²) in [7, 11) is 0. The van der Waals surface area contributed by atoms with Crippen LogP contribution in [0, 0.1) is 5.92 Å². The van der Waals surface area contributed by atoms with E-state index >= 15 is 0 Å². The lowest BCUT2D eigenvalue weighted by Crippen LogP contribution is -2.28. The van der Waals surface area contributed by atoms with Crippen LogP contribution >= 0.6 is 11.6 Å². The summed E-state index contributed by atoms with van der Waals surface area (Å²) < 4.78 is 0. The first-order valence-electron chi connectivity index (χ1n) is 8.09. The van der Waals surface area contributed by atoms with Crippen LogP contribution in [-0.4, -0.2) is 32.6 Å². The van der Waals surface area contributed by atoms with E-state index < -0.39 is 0 Å². The van der Waals surface area contributed by atoms with Gasteiger partial charge in [0.25, 0.3) is 0 Å². The second-order valence-corrected chi connectivity index (χ2v) is 6.46. The van der Waals surface area contributed by atoms with E-state index in [1.54, 1.807) is 17.3 Å². The van der Waals surface area contributed by atoms with Crippen molar-refractivity contribution in [1.29, 1.82) is 0 Å². The van der Waals surface area contributed by atoms with Gasteiger partial charge in [0.05, 0.1) is 0 Å². The molecule has 1 aliphatic rings. The third-order valence-electron chi connectivity index (χ3n) is 4.38. The average Bonchev–Trinajstić information content (AvgIpc) is 3.25. The summed E-state index contributed by atoms with van der Waals surface area (Å²) in [5, 5.41) is 7.79. The number of aromatic amines is 1. The summed E-state index contributed by atoms with van der Waals surface area (Å²) in [6.07, 6.45) is 4.88. The topological polar surface area (TPSA) is 74.8 Å². The van der Waals surface area contributed by atoms with E-state index in [1.807, 2.05) is 36.4 Å². The van der Waals surface area contributed by atoms with Gasteiger partial charge in [0.1, 0.15) is 0 Å². The number of anilines is 1. The number of benzene rings is 1. The van der Waals surface area contributed by atoms with Crippen LogP contribution in [0.3, 0.4) is 0 Å². The highest BCUT2D eigenvalue weighted by Crippen LogP contribution is 2.27. The van der Waals surface area contributed by atoms with Gasteiger partial charge in [-0.2, -0.15) is 10.1 Å². The molecule has 0 bridgehead atoms. The van der Waals surface area contributed by atoms with Crippen LogP contribution in [0.15, 0.2) is 48.8 Å². The van der Waals surface area contributed by atoms with Crippen molar-refractivity contribution < 1.29 is 4.79 Å². The van der Waals surface area contributed by atoms with E-state index in [0.717, 1.165) is 17.5 Å². The molecular formula is C18H16ClN5O. The van der Waals surface area contributed by atoms with Gasteiger partial charge < -0.3 is 0 Å². The average molecular weight is 354 g/mol. The van der Waals surface area contributed by atoms with Crippen molar-refractivity contribution in [1.82, 2.24) is 20.2 Å². The Morgan fingerprint density at radius 1 is 1.16 bits per heavy atom. The summed E-state index contributed by atoms with van der Waals surface area (Å²) in [5.74, 6) is 1.09. The number of H-pyrrole nitrogens is 1. The molecule has 1 amide bonds. The van der Waals surface area contributed by atoms with Crippen molar-refractivity contribution in [2.45, 2.75) is 12.8 Å². The number of carbonyl (C=O) groups is 1. The van der Waals surface area contributed by atoms with E-state index in [9.17, 15) is 4.79 Å². The first kappa shape index (κ1) is 15.8. The van der Waals surface area contributed by atoms with Crippen LogP contribution in [0.5, 0.6) is 0 Å². The summed E-state index contributed by atoms with van der Waals surface area (Å²) in [5.41, 5.74) is 1.97. The summed E-state index contributed by atoms with van der Waals surface area (Å²) >= 11 is 5.91. The predicted octanol–water partition coefficient (Wildman–Crippen LogP) is 3.12. The summed E-state index contributed by atoms with van der Waals surface area (Å²) in [6, 6.07) is 11.3. The zero-order valence-corrected chi connectivity index (χ0v) is 14.1. The van der Waals surface area contributed by atoms with Crippen LogP contribution in [0.25, 0.3) is 11.4 Å². The molecule has 1 saturated heterocycles. The highest BCUT2D eigenvalue weighted by Gasteiger charge is 2.34. The molecule has 7 heteroatoms. The van der Waals surface area contributed by atoms with Crippen molar-refractivity contribution in [2.75, 3.05) is 11.4 Å². The molecule has 3 aromatic rings. The van der Waals surface area contributed by atoms with Gasteiger partial charge in [-0.1, -0.05) is 23.7 Å². The number of carbonyl (C=O) groups excluding carboxylic acids is 1. The smallest absolute Gasteiger partial charge is 0.232 e. The maximum Gasteiger partial charge on any atom is 0.232 e. The Balaban J connectivity index is 1.48. The standard InChI is InChI=1S/C18H16ClN5O/c19-15-3-1-12(2-4-15)11-14-7-10-24(17(14)25)18-21-16(22-23-18)13-5-8-20-9-6-13/h1-6,8-9,14H,7,10-11H2,(H,21,22,23)/t14-/m1/s1. The minimum atomic E-state index is -0.0457. The molecule has 4 rings (SSSR count). The quantitative estimate of drug-likeness (QED) is 0.782. The number of pyridine rings is 1. The fourth-order valence-electron chi connectivity index (χ4n) is 3.05. The SMILES string of the molecule is O=C1[C@@H](Cc2ccc(Cl)cc2)CCN1c1nc(-c2ccncc2)n[nH]1. The zero-order chi connectivity index (χ0) is 17.2. The fraction of sp³-hybridized carbons (Fsp3) is 0.222. The lowest BCUT2D eigenvalue weighted by atomic mass is 9.98. The summed E-state index contributed by atoms with van der Waals surface area (Å²) in [6.45, 7) is 0.641. The van der Waals surface area contributed by atoms with E-state index in [-0.39, 0.29) is 11.8 Å². The van der Waals surface area contributed by atoms with Crippen LogP contribution < -0.4 is 4.90 Å². The Labute approximate surface area is 149 Å². The molecule has 0 radical (unpaired) electrons. The molecule has 1 N–H and O–H groups in total. The van der Waals surface area contributed by atoms with Gasteiger partial charge in [-0.3, -0.25) is 14.7 Å². The predicted molar refractivity (Wildman–Crippen MR) is 95.2 cm³/mol. The van der Waals surface area contributed by atoms with Gasteiger partial charge >= 0.3 is 0 Å². The maximum atomic E-state index is 12.7. The highest BCUT2D eigenvalue weighted by molar-refractivity contribution is 6.30. The second kappa shape index (κ2) is 6.64. The number of hydrogen-bond donors (Lipinski definition) is 1. The molecule has 126 valence electrons. The minimum Gasteiger partial charge on any atom is -0.281 e. The van der Waals surface area contributed by atoms with Gasteiger partial charge in [-0.05, 0) is 42.7 Å². The molecule has 1 aromatic carbocycles. The molecule has 3 heterocycles. The first-order valence-corrected chi connectivity index (χ1v) is 8.47. The highest BCUT2D eigenvalue weighted by atomic mass is 35.5. The van der Waals surface area contributed by atoms with E-state index in [4.69, 9.17) is 11.6 Å². The second-order valence-electron chi connectivity index (χ2n) is 6.02. The van der Waals surface area contributed by atoms with Crippen LogP contribution in [0.1, 0.15) is 12.0 Å². The Bertz CT molecular complexity index is 878. The number of hydrogen-bond acceptors (Lipinski definition) is 4. The molecule has 0 saturated carbocycles. The largest absolute Gasteiger partial charge is 0.281 e. The first-order chi connectivity index (χ1) is 12.2. The van der Waals surface area contributed by atoms with Gasteiger partial charge in [0.2, 0.25) is 11.9 Å². The Morgan fingerprint density at radius 3 is 2.68 bits per heavy atom.